The molecule has 2 rings (SSSR count). The summed E-state index contributed by atoms with van der Waals surface area (Å²) in [4.78, 5) is 26.8. The standard InChI is InChI=1S/C21H31N5O2.C2H6.CH4O/c1-13(2)19(24)21(28)26-10-4-5-18(26)20(27)25-12-15-6-8-16(9-7-15)17(11-22)14(3)23;2*1-2/h6-9,11,13,18-19,22H,4-5,10,12,23-24H2,1-3H3,(H,25,27);1-2H3;2H,1H3/b17-14+,22-11?;;. The Morgan fingerprint density at radius 1 is 1.25 bits per heavy atom. The number of nitrogens with two attached hydrogens (primary N) is 2. The van der Waals surface area contributed by atoms with Crippen LogP contribution in [-0.2, 0) is 16.1 Å². The molecule has 8 nitrogen and oxygen atoms in total. The van der Waals surface area contributed by atoms with E-state index in [-0.39, 0.29) is 17.7 Å². The maximum Gasteiger partial charge on any atom is 0.243 e. The highest BCUT2D eigenvalue weighted by atomic mass is 16.2. The van der Waals surface area contributed by atoms with E-state index in [4.69, 9.17) is 22.0 Å². The van der Waals surface area contributed by atoms with E-state index in [1.54, 1.807) is 11.8 Å². The van der Waals surface area contributed by atoms with Crippen molar-refractivity contribution < 1.29 is 14.7 Å². The molecule has 1 aromatic carbocycles. The number of carbonyl (C=O) groups excluding carboxylic acids is 2. The normalized spacial score (nSPS) is 16.7. The fourth-order valence-corrected chi connectivity index (χ4v) is 3.31. The highest BCUT2D eigenvalue weighted by molar-refractivity contribution is 6.09. The molecule has 0 bridgehead atoms. The third-order valence-electron chi connectivity index (χ3n) is 5.14. The Balaban J connectivity index is 0.00000227. The zero-order chi connectivity index (χ0) is 24.8. The Labute approximate surface area is 192 Å². The van der Waals surface area contributed by atoms with E-state index in [1.165, 1.54) is 6.21 Å². The number of hydrogen-bond donors (Lipinski definition) is 5. The number of likely N-dealkylation sites (tertiary alicyclic amines) is 1. The second-order valence-electron chi connectivity index (χ2n) is 7.62. The van der Waals surface area contributed by atoms with Gasteiger partial charge in [-0.2, -0.15) is 0 Å². The summed E-state index contributed by atoms with van der Waals surface area (Å²) < 4.78 is 0. The number of nitrogens with one attached hydrogen (secondary N) is 2. The lowest BCUT2D eigenvalue weighted by Gasteiger charge is -2.28. The van der Waals surface area contributed by atoms with Crippen molar-refractivity contribution >= 4 is 23.6 Å². The molecule has 0 saturated carbocycles. The number of amides is 2. The molecule has 2 atom stereocenters. The highest BCUT2D eigenvalue weighted by Crippen LogP contribution is 2.20. The lowest BCUT2D eigenvalue weighted by atomic mass is 10.0. The molecule has 1 fully saturated rings. The predicted octanol–water partition coefficient (Wildman–Crippen LogP) is 2.25. The van der Waals surface area contributed by atoms with Crippen LogP contribution >= 0.6 is 0 Å². The van der Waals surface area contributed by atoms with Crippen LogP contribution in [-0.4, -0.2) is 53.8 Å². The van der Waals surface area contributed by atoms with E-state index < -0.39 is 12.1 Å². The van der Waals surface area contributed by atoms with Gasteiger partial charge in [0.15, 0.2) is 0 Å². The molecule has 1 aliphatic heterocycles. The minimum atomic E-state index is -0.581. The van der Waals surface area contributed by atoms with Crippen molar-refractivity contribution in [2.75, 3.05) is 13.7 Å². The molecule has 7 N–H and O–H groups in total. The van der Waals surface area contributed by atoms with Gasteiger partial charge in [0.2, 0.25) is 11.8 Å². The topological polar surface area (TPSA) is 146 Å². The van der Waals surface area contributed by atoms with Crippen molar-refractivity contribution in [2.24, 2.45) is 17.4 Å². The quantitative estimate of drug-likeness (QED) is 0.407. The van der Waals surface area contributed by atoms with E-state index in [0.29, 0.717) is 30.8 Å². The molecule has 1 aliphatic rings. The van der Waals surface area contributed by atoms with Gasteiger partial charge in [-0.15, -0.1) is 0 Å². The van der Waals surface area contributed by atoms with Crippen LogP contribution in [0.2, 0.25) is 0 Å². The highest BCUT2D eigenvalue weighted by Gasteiger charge is 2.36. The lowest BCUT2D eigenvalue weighted by Crippen LogP contribution is -2.52. The van der Waals surface area contributed by atoms with Crippen molar-refractivity contribution in [1.29, 1.82) is 5.41 Å². The van der Waals surface area contributed by atoms with E-state index >= 15 is 0 Å². The molecule has 2 amide bonds. The third-order valence-corrected chi connectivity index (χ3v) is 5.14. The fraction of sp³-hybridized carbons (Fsp3) is 0.542. The first kappa shape index (κ1) is 29.3. The number of hydrogen-bond acceptors (Lipinski definition) is 6. The largest absolute Gasteiger partial charge is 0.402 e. The smallest absolute Gasteiger partial charge is 0.243 e. The summed E-state index contributed by atoms with van der Waals surface area (Å²) in [5.74, 6) is -0.267. The molecule has 2 unspecified atom stereocenters. The third kappa shape index (κ3) is 8.09. The molecule has 8 heteroatoms. The van der Waals surface area contributed by atoms with Gasteiger partial charge in [0.05, 0.1) is 6.04 Å². The predicted molar refractivity (Wildman–Crippen MR) is 131 cm³/mol. The molecule has 1 heterocycles. The number of benzene rings is 1. The van der Waals surface area contributed by atoms with Gasteiger partial charge in [-0.25, -0.2) is 0 Å². The second kappa shape index (κ2) is 15.2. The molecule has 0 spiro atoms. The monoisotopic (exact) mass is 447 g/mol. The molecule has 180 valence electrons. The van der Waals surface area contributed by atoms with E-state index in [2.05, 4.69) is 5.32 Å². The summed E-state index contributed by atoms with van der Waals surface area (Å²) in [7, 11) is 1.00. The van der Waals surface area contributed by atoms with Crippen molar-refractivity contribution in [3.05, 3.63) is 41.1 Å². The molecule has 0 radical (unpaired) electrons. The average Bonchev–Trinajstić information content (AvgIpc) is 3.30. The van der Waals surface area contributed by atoms with Gasteiger partial charge in [0.25, 0.3) is 0 Å². The summed E-state index contributed by atoms with van der Waals surface area (Å²) in [6.07, 6.45) is 2.70. The first-order chi connectivity index (χ1) is 15.3. The number of rotatable bonds is 7. The van der Waals surface area contributed by atoms with Crippen LogP contribution < -0.4 is 16.8 Å². The lowest BCUT2D eigenvalue weighted by molar-refractivity contribution is -0.140. The summed E-state index contributed by atoms with van der Waals surface area (Å²) in [5, 5.41) is 17.4. The molecular formula is C24H41N5O3. The van der Waals surface area contributed by atoms with Crippen LogP contribution in [0.1, 0.15) is 58.6 Å². The number of aliphatic hydroxyl groups excluding tert-OH is 1. The van der Waals surface area contributed by atoms with Gasteiger partial charge in [-0.05, 0) is 36.8 Å². The summed E-state index contributed by atoms with van der Waals surface area (Å²) in [6.45, 7) is 10.5. The Morgan fingerprint density at radius 3 is 2.28 bits per heavy atom. The van der Waals surface area contributed by atoms with E-state index in [0.717, 1.165) is 24.7 Å². The van der Waals surface area contributed by atoms with Crippen LogP contribution in [0, 0.1) is 11.3 Å². The number of carbonyl (C=O) groups is 2. The van der Waals surface area contributed by atoms with Gasteiger partial charge in [-0.1, -0.05) is 52.0 Å². The SMILES string of the molecule is C/C(N)=C(/C=N)c1ccc(CNC(=O)C2CCCN2C(=O)C(N)C(C)C)cc1.CC.CO. The van der Waals surface area contributed by atoms with Crippen LogP contribution in [0.4, 0.5) is 0 Å². The molecule has 1 aromatic rings. The molecular weight excluding hydrogens is 406 g/mol. The van der Waals surface area contributed by atoms with Crippen molar-refractivity contribution in [1.82, 2.24) is 10.2 Å². The van der Waals surface area contributed by atoms with Gasteiger partial charge in [0.1, 0.15) is 6.04 Å². The first-order valence-corrected chi connectivity index (χ1v) is 11.1. The van der Waals surface area contributed by atoms with Crippen LogP contribution in [0.3, 0.4) is 0 Å². The van der Waals surface area contributed by atoms with E-state index in [9.17, 15) is 9.59 Å². The Morgan fingerprint density at radius 2 is 1.81 bits per heavy atom. The van der Waals surface area contributed by atoms with Gasteiger partial charge >= 0.3 is 0 Å². The van der Waals surface area contributed by atoms with Crippen molar-refractivity contribution in [2.45, 2.75) is 66.1 Å². The van der Waals surface area contributed by atoms with Crippen LogP contribution in [0.5, 0.6) is 0 Å². The minimum absolute atomic E-state index is 0.0346. The Hall–Kier alpha value is -2.71. The Bertz CT molecular complexity index is 755. The van der Waals surface area contributed by atoms with Crippen molar-refractivity contribution in [3.63, 3.8) is 0 Å². The first-order valence-electron chi connectivity index (χ1n) is 11.1. The molecule has 0 aromatic heterocycles. The van der Waals surface area contributed by atoms with E-state index in [1.807, 2.05) is 52.0 Å². The molecule has 32 heavy (non-hydrogen) atoms. The maximum absolute atomic E-state index is 12.6. The van der Waals surface area contributed by atoms with Gasteiger partial charge < -0.3 is 32.2 Å². The zero-order valence-electron chi connectivity index (χ0n) is 20.3. The molecule has 0 aliphatic carbocycles. The van der Waals surface area contributed by atoms with Gasteiger partial charge in [-0.3, -0.25) is 9.59 Å². The van der Waals surface area contributed by atoms with Crippen molar-refractivity contribution in [3.8, 4) is 0 Å². The zero-order valence-corrected chi connectivity index (χ0v) is 20.3. The number of nitrogens with zero attached hydrogens (tertiary/aromatic N) is 1. The fourth-order valence-electron chi connectivity index (χ4n) is 3.31. The maximum atomic E-state index is 12.6. The van der Waals surface area contributed by atoms with Crippen LogP contribution in [0.25, 0.3) is 5.57 Å². The average molecular weight is 448 g/mol. The number of aliphatic hydroxyl groups is 1. The molecule has 1 saturated heterocycles. The second-order valence-corrected chi connectivity index (χ2v) is 7.62. The Kier molecular flexibility index (Phi) is 13.9. The van der Waals surface area contributed by atoms with Crippen LogP contribution in [0.15, 0.2) is 30.0 Å². The summed E-state index contributed by atoms with van der Waals surface area (Å²) in [5.41, 5.74) is 14.8. The summed E-state index contributed by atoms with van der Waals surface area (Å²) in [6, 6.07) is 6.52. The minimum Gasteiger partial charge on any atom is -0.402 e. The van der Waals surface area contributed by atoms with Gasteiger partial charge in [0, 0.05) is 37.7 Å². The summed E-state index contributed by atoms with van der Waals surface area (Å²) >= 11 is 0. The number of allylic oxidation sites excluding steroid dienone is 2.